The van der Waals surface area contributed by atoms with Crippen LogP contribution in [0.5, 0.6) is 0 Å². The molecule has 4 aromatic carbocycles. The molecule has 2 heteroatoms. The molecule has 120 valence electrons. The van der Waals surface area contributed by atoms with Crippen LogP contribution < -0.4 is 5.73 Å². The minimum atomic E-state index is 0.506. The fraction of sp³-hybridized carbons (Fsp3) is 0.0435. The van der Waals surface area contributed by atoms with E-state index in [4.69, 9.17) is 10.2 Å². The third-order valence-corrected chi connectivity index (χ3v) is 4.88. The van der Waals surface area contributed by atoms with Crippen LogP contribution >= 0.6 is 0 Å². The Kier molecular flexibility index (Phi) is 3.12. The summed E-state index contributed by atoms with van der Waals surface area (Å²) in [4.78, 5) is 0. The number of rotatable bonds is 2. The van der Waals surface area contributed by atoms with Gasteiger partial charge in [0.25, 0.3) is 0 Å². The maximum absolute atomic E-state index is 6.00. The Labute approximate surface area is 145 Å². The van der Waals surface area contributed by atoms with Gasteiger partial charge in [0.15, 0.2) is 0 Å². The third-order valence-electron chi connectivity index (χ3n) is 4.88. The lowest BCUT2D eigenvalue weighted by atomic mass is 9.99. The molecule has 0 radical (unpaired) electrons. The molecular formula is C23H17NO. The van der Waals surface area contributed by atoms with Crippen LogP contribution in [-0.4, -0.2) is 0 Å². The molecule has 2 nitrogen and oxygen atoms in total. The summed E-state index contributed by atoms with van der Waals surface area (Å²) in [6.45, 7) is 0.506. The quantitative estimate of drug-likeness (QED) is 0.441. The van der Waals surface area contributed by atoms with E-state index >= 15 is 0 Å². The zero-order chi connectivity index (χ0) is 16.8. The van der Waals surface area contributed by atoms with Crippen LogP contribution in [0.25, 0.3) is 43.8 Å². The van der Waals surface area contributed by atoms with Crippen molar-refractivity contribution < 1.29 is 4.42 Å². The first-order valence-corrected chi connectivity index (χ1v) is 8.47. The van der Waals surface area contributed by atoms with Gasteiger partial charge in [0.05, 0.1) is 0 Å². The first-order valence-electron chi connectivity index (χ1n) is 8.47. The highest BCUT2D eigenvalue weighted by atomic mass is 16.3. The Hall–Kier alpha value is -3.10. The van der Waals surface area contributed by atoms with Gasteiger partial charge in [0.1, 0.15) is 11.2 Å². The first-order chi connectivity index (χ1) is 12.3. The van der Waals surface area contributed by atoms with E-state index in [1.165, 1.54) is 21.9 Å². The predicted octanol–water partition coefficient (Wildman–Crippen LogP) is 5.86. The number of hydrogen-bond acceptors (Lipinski definition) is 2. The second kappa shape index (κ2) is 5.47. The first kappa shape index (κ1) is 14.3. The van der Waals surface area contributed by atoms with Crippen LogP contribution in [0.3, 0.4) is 0 Å². The molecule has 0 spiro atoms. The highest BCUT2D eigenvalue weighted by Gasteiger charge is 2.11. The number of nitrogens with two attached hydrogens (primary N) is 1. The van der Waals surface area contributed by atoms with E-state index in [2.05, 4.69) is 66.7 Å². The highest BCUT2D eigenvalue weighted by Crippen LogP contribution is 2.34. The molecule has 0 bridgehead atoms. The molecule has 5 aromatic rings. The summed E-state index contributed by atoms with van der Waals surface area (Å²) < 4.78 is 6.00. The molecule has 0 aliphatic carbocycles. The van der Waals surface area contributed by atoms with Crippen LogP contribution in [0.15, 0.2) is 83.3 Å². The molecule has 25 heavy (non-hydrogen) atoms. The van der Waals surface area contributed by atoms with Crippen molar-refractivity contribution in [2.24, 2.45) is 5.73 Å². The molecule has 0 unspecified atom stereocenters. The van der Waals surface area contributed by atoms with Crippen molar-refractivity contribution in [1.29, 1.82) is 0 Å². The van der Waals surface area contributed by atoms with Crippen molar-refractivity contribution >= 4 is 32.7 Å². The number of hydrogen-bond donors (Lipinski definition) is 1. The van der Waals surface area contributed by atoms with Crippen LogP contribution in [0.1, 0.15) is 5.56 Å². The average molecular weight is 323 g/mol. The highest BCUT2D eigenvalue weighted by molar-refractivity contribution is 6.08. The molecule has 0 saturated heterocycles. The zero-order valence-corrected chi connectivity index (χ0v) is 13.7. The lowest BCUT2D eigenvalue weighted by Crippen LogP contribution is -1.96. The molecule has 0 aliphatic rings. The fourth-order valence-electron chi connectivity index (χ4n) is 3.62. The Balaban J connectivity index is 1.77. The fourth-order valence-corrected chi connectivity index (χ4v) is 3.62. The Morgan fingerprint density at radius 3 is 2.36 bits per heavy atom. The van der Waals surface area contributed by atoms with Crippen molar-refractivity contribution in [1.82, 2.24) is 0 Å². The van der Waals surface area contributed by atoms with Gasteiger partial charge in [-0.3, -0.25) is 0 Å². The van der Waals surface area contributed by atoms with Gasteiger partial charge in [0.2, 0.25) is 0 Å². The lowest BCUT2D eigenvalue weighted by Gasteiger charge is -2.05. The van der Waals surface area contributed by atoms with Crippen molar-refractivity contribution in [3.8, 4) is 11.1 Å². The van der Waals surface area contributed by atoms with Crippen LogP contribution in [0.2, 0.25) is 0 Å². The predicted molar refractivity (Wildman–Crippen MR) is 105 cm³/mol. The van der Waals surface area contributed by atoms with E-state index in [1.54, 1.807) is 0 Å². The number of fused-ring (bicyclic) bond motifs is 4. The summed E-state index contributed by atoms with van der Waals surface area (Å²) >= 11 is 0. The van der Waals surface area contributed by atoms with Crippen molar-refractivity contribution in [3.05, 3.63) is 84.4 Å². The summed E-state index contributed by atoms with van der Waals surface area (Å²) in [6, 6.07) is 27.5. The van der Waals surface area contributed by atoms with Gasteiger partial charge < -0.3 is 10.2 Å². The minimum absolute atomic E-state index is 0.506. The van der Waals surface area contributed by atoms with Gasteiger partial charge in [-0.1, -0.05) is 54.6 Å². The summed E-state index contributed by atoms with van der Waals surface area (Å²) in [6.07, 6.45) is 0. The van der Waals surface area contributed by atoms with Crippen molar-refractivity contribution in [2.45, 2.75) is 6.54 Å². The molecule has 1 aromatic heterocycles. The third kappa shape index (κ3) is 2.23. The summed E-state index contributed by atoms with van der Waals surface area (Å²) in [7, 11) is 0. The normalized spacial score (nSPS) is 11.6. The molecule has 2 N–H and O–H groups in total. The molecule has 1 heterocycles. The molecule has 0 amide bonds. The second-order valence-corrected chi connectivity index (χ2v) is 6.37. The van der Waals surface area contributed by atoms with Gasteiger partial charge in [-0.15, -0.1) is 0 Å². The molecular weight excluding hydrogens is 306 g/mol. The largest absolute Gasteiger partial charge is 0.456 e. The maximum atomic E-state index is 6.00. The van der Waals surface area contributed by atoms with Crippen molar-refractivity contribution in [2.75, 3.05) is 0 Å². The zero-order valence-electron chi connectivity index (χ0n) is 13.7. The molecule has 0 fully saturated rings. The van der Waals surface area contributed by atoms with E-state index in [0.29, 0.717) is 6.54 Å². The van der Waals surface area contributed by atoms with Gasteiger partial charge in [0, 0.05) is 17.3 Å². The standard InChI is InChI=1S/C23H17NO/c24-14-19-6-3-7-22-23(19)20-13-18(10-11-21(20)25-22)17-9-8-15-4-1-2-5-16(15)12-17/h1-13H,14,24H2. The van der Waals surface area contributed by atoms with Gasteiger partial charge in [-0.25, -0.2) is 0 Å². The monoisotopic (exact) mass is 323 g/mol. The van der Waals surface area contributed by atoms with Gasteiger partial charge in [-0.05, 0) is 51.7 Å². The SMILES string of the molecule is NCc1cccc2oc3ccc(-c4ccc5ccccc5c4)cc3c12. The summed E-state index contributed by atoms with van der Waals surface area (Å²) in [5, 5.41) is 4.76. The van der Waals surface area contributed by atoms with E-state index in [1.807, 2.05) is 12.1 Å². The molecule has 0 aliphatic heterocycles. The van der Waals surface area contributed by atoms with Crippen LogP contribution in [-0.2, 0) is 6.54 Å². The minimum Gasteiger partial charge on any atom is -0.456 e. The Morgan fingerprint density at radius 1 is 0.680 bits per heavy atom. The van der Waals surface area contributed by atoms with E-state index in [-0.39, 0.29) is 0 Å². The van der Waals surface area contributed by atoms with Crippen LogP contribution in [0, 0.1) is 0 Å². The Bertz CT molecular complexity index is 1230. The van der Waals surface area contributed by atoms with Crippen LogP contribution in [0.4, 0.5) is 0 Å². The molecule has 5 rings (SSSR count). The number of benzene rings is 4. The van der Waals surface area contributed by atoms with E-state index < -0.39 is 0 Å². The van der Waals surface area contributed by atoms with Gasteiger partial charge >= 0.3 is 0 Å². The molecule has 0 atom stereocenters. The summed E-state index contributed by atoms with van der Waals surface area (Å²) in [5.74, 6) is 0. The van der Waals surface area contributed by atoms with E-state index in [0.717, 1.165) is 27.5 Å². The lowest BCUT2D eigenvalue weighted by molar-refractivity contribution is 0.668. The second-order valence-electron chi connectivity index (χ2n) is 6.37. The topological polar surface area (TPSA) is 39.2 Å². The average Bonchev–Trinajstić information content (AvgIpc) is 3.05. The smallest absolute Gasteiger partial charge is 0.135 e. The summed E-state index contributed by atoms with van der Waals surface area (Å²) in [5.41, 5.74) is 11.2. The van der Waals surface area contributed by atoms with Gasteiger partial charge in [-0.2, -0.15) is 0 Å². The number of furan rings is 1. The van der Waals surface area contributed by atoms with Crippen molar-refractivity contribution in [3.63, 3.8) is 0 Å². The maximum Gasteiger partial charge on any atom is 0.135 e. The van der Waals surface area contributed by atoms with E-state index in [9.17, 15) is 0 Å². The molecule has 0 saturated carbocycles. The Morgan fingerprint density at radius 2 is 1.48 bits per heavy atom.